The molecule has 0 bridgehead atoms. The van der Waals surface area contributed by atoms with Gasteiger partial charge in [-0.3, -0.25) is 9.78 Å². The quantitative estimate of drug-likeness (QED) is 0.313. The average molecular weight is 514 g/mol. The smallest absolute Gasteiger partial charge is 0.416 e. The number of rotatable bonds is 4. The molecule has 1 fully saturated rings. The zero-order valence-electron chi connectivity index (χ0n) is 19.7. The van der Waals surface area contributed by atoms with E-state index in [1.54, 1.807) is 28.5 Å². The maximum atomic E-state index is 15.7. The number of carboxylic acids is 1. The van der Waals surface area contributed by atoms with Crippen LogP contribution in [0.25, 0.3) is 21.8 Å². The van der Waals surface area contributed by atoms with Crippen molar-refractivity contribution < 1.29 is 27.5 Å². The molecule has 0 spiro atoms. The standard InChI is InChI=1S/C26H22F4N4O3/c1-2-32-14-18(25(36)37)24(35)21-17-6-7-19(22(27)23(17)31-13-20(21)32)34-10-8-33(9-11-34)16-5-3-4-15(12-16)26(28,29)30/h3-7,12-14H,2,8-11H2,1H3,(H,36,37). The van der Waals surface area contributed by atoms with Crippen molar-refractivity contribution >= 4 is 39.1 Å². The number of benzene rings is 2. The summed E-state index contributed by atoms with van der Waals surface area (Å²) in [6, 6.07) is 8.21. The van der Waals surface area contributed by atoms with Crippen molar-refractivity contribution in [3.63, 3.8) is 0 Å². The van der Waals surface area contributed by atoms with E-state index in [-0.39, 0.29) is 22.0 Å². The number of aromatic nitrogens is 2. The fourth-order valence-corrected chi connectivity index (χ4v) is 4.83. The van der Waals surface area contributed by atoms with Crippen LogP contribution in [0.5, 0.6) is 0 Å². The zero-order valence-corrected chi connectivity index (χ0v) is 19.7. The van der Waals surface area contributed by atoms with E-state index in [1.165, 1.54) is 24.5 Å². The van der Waals surface area contributed by atoms with E-state index in [4.69, 9.17) is 0 Å². The largest absolute Gasteiger partial charge is 0.477 e. The van der Waals surface area contributed by atoms with E-state index in [9.17, 15) is 27.9 Å². The van der Waals surface area contributed by atoms with Crippen LogP contribution in [-0.2, 0) is 12.7 Å². The van der Waals surface area contributed by atoms with Gasteiger partial charge in [0.05, 0.1) is 28.4 Å². The number of aryl methyl sites for hydroxylation is 1. The lowest BCUT2D eigenvalue weighted by Gasteiger charge is -2.37. The first-order chi connectivity index (χ1) is 17.6. The molecule has 2 aromatic carbocycles. The Hall–Kier alpha value is -4.15. The summed E-state index contributed by atoms with van der Waals surface area (Å²) in [5.41, 5.74) is -0.770. The van der Waals surface area contributed by atoms with Crippen molar-refractivity contribution in [1.82, 2.24) is 9.55 Å². The molecular formula is C26H22F4N4O3. The molecule has 3 heterocycles. The van der Waals surface area contributed by atoms with Crippen LogP contribution in [0.4, 0.5) is 28.9 Å². The topological polar surface area (TPSA) is 78.7 Å². The van der Waals surface area contributed by atoms with Crippen molar-refractivity contribution in [2.75, 3.05) is 36.0 Å². The third-order valence-electron chi connectivity index (χ3n) is 6.73. The van der Waals surface area contributed by atoms with Crippen molar-refractivity contribution in [2.24, 2.45) is 0 Å². The molecule has 0 unspecified atom stereocenters. The lowest BCUT2D eigenvalue weighted by molar-refractivity contribution is -0.137. The van der Waals surface area contributed by atoms with E-state index in [1.807, 2.05) is 4.90 Å². The number of carboxylic acid groups (broad SMARTS) is 1. The van der Waals surface area contributed by atoms with E-state index in [0.717, 1.165) is 12.1 Å². The third-order valence-corrected chi connectivity index (χ3v) is 6.73. The molecule has 2 aromatic heterocycles. The summed E-state index contributed by atoms with van der Waals surface area (Å²) in [5, 5.41) is 9.78. The summed E-state index contributed by atoms with van der Waals surface area (Å²) in [6.07, 6.45) is -1.81. The van der Waals surface area contributed by atoms with E-state index >= 15 is 4.39 Å². The van der Waals surface area contributed by atoms with Crippen molar-refractivity contribution in [3.8, 4) is 0 Å². The van der Waals surface area contributed by atoms with Gasteiger partial charge in [0.1, 0.15) is 11.1 Å². The molecule has 5 rings (SSSR count). The normalized spacial score (nSPS) is 14.5. The van der Waals surface area contributed by atoms with Gasteiger partial charge in [-0.1, -0.05) is 6.07 Å². The summed E-state index contributed by atoms with van der Waals surface area (Å²) < 4.78 is 56.6. The highest BCUT2D eigenvalue weighted by molar-refractivity contribution is 6.07. The second-order valence-electron chi connectivity index (χ2n) is 8.80. The van der Waals surface area contributed by atoms with Crippen LogP contribution in [0.15, 0.2) is 53.6 Å². The van der Waals surface area contributed by atoms with Gasteiger partial charge >= 0.3 is 12.1 Å². The van der Waals surface area contributed by atoms with E-state index < -0.39 is 34.5 Å². The van der Waals surface area contributed by atoms with Crippen LogP contribution in [0.2, 0.25) is 0 Å². The van der Waals surface area contributed by atoms with Gasteiger partial charge in [-0.2, -0.15) is 13.2 Å². The second kappa shape index (κ2) is 9.06. The van der Waals surface area contributed by atoms with Crippen LogP contribution in [0.1, 0.15) is 22.8 Å². The number of alkyl halides is 3. The number of aromatic carboxylic acids is 1. The van der Waals surface area contributed by atoms with Gasteiger partial charge in [-0.25, -0.2) is 9.18 Å². The summed E-state index contributed by atoms with van der Waals surface area (Å²) in [7, 11) is 0. The summed E-state index contributed by atoms with van der Waals surface area (Å²) in [4.78, 5) is 32.5. The summed E-state index contributed by atoms with van der Waals surface area (Å²) in [5.74, 6) is -2.01. The molecule has 1 aliphatic rings. The fourth-order valence-electron chi connectivity index (χ4n) is 4.83. The van der Waals surface area contributed by atoms with Gasteiger partial charge in [0.2, 0.25) is 5.43 Å². The van der Waals surface area contributed by atoms with Crippen LogP contribution in [0.3, 0.4) is 0 Å². The third kappa shape index (κ3) is 4.24. The lowest BCUT2D eigenvalue weighted by atomic mass is 10.1. The zero-order chi connectivity index (χ0) is 26.5. The molecule has 192 valence electrons. The van der Waals surface area contributed by atoms with Crippen LogP contribution in [-0.4, -0.2) is 46.8 Å². The Balaban J connectivity index is 1.48. The maximum absolute atomic E-state index is 15.7. The number of fused-ring (bicyclic) bond motifs is 3. The molecule has 0 aliphatic carbocycles. The molecular weight excluding hydrogens is 492 g/mol. The monoisotopic (exact) mass is 514 g/mol. The molecule has 11 heteroatoms. The number of carbonyl (C=O) groups is 1. The van der Waals surface area contributed by atoms with Crippen molar-refractivity contribution in [2.45, 2.75) is 19.6 Å². The van der Waals surface area contributed by atoms with Crippen LogP contribution in [0, 0.1) is 5.82 Å². The maximum Gasteiger partial charge on any atom is 0.416 e. The minimum Gasteiger partial charge on any atom is -0.477 e. The van der Waals surface area contributed by atoms with E-state index in [0.29, 0.717) is 43.9 Å². The molecule has 0 atom stereocenters. The first kappa shape index (κ1) is 24.5. The molecule has 1 aliphatic heterocycles. The van der Waals surface area contributed by atoms with Gasteiger partial charge < -0.3 is 19.5 Å². The van der Waals surface area contributed by atoms with Crippen molar-refractivity contribution in [3.05, 3.63) is 76.0 Å². The Morgan fingerprint density at radius 3 is 2.43 bits per heavy atom. The number of pyridine rings is 2. The molecule has 37 heavy (non-hydrogen) atoms. The number of hydrogen-bond donors (Lipinski definition) is 1. The predicted molar refractivity (Wildman–Crippen MR) is 132 cm³/mol. The van der Waals surface area contributed by atoms with Crippen LogP contribution < -0.4 is 15.2 Å². The Morgan fingerprint density at radius 1 is 1.08 bits per heavy atom. The minimum atomic E-state index is -4.44. The summed E-state index contributed by atoms with van der Waals surface area (Å²) >= 11 is 0. The van der Waals surface area contributed by atoms with Gasteiger partial charge in [0, 0.05) is 50.0 Å². The highest BCUT2D eigenvalue weighted by Crippen LogP contribution is 2.33. The average Bonchev–Trinajstić information content (AvgIpc) is 2.88. The van der Waals surface area contributed by atoms with E-state index in [2.05, 4.69) is 4.98 Å². The van der Waals surface area contributed by atoms with Crippen molar-refractivity contribution in [1.29, 1.82) is 0 Å². The lowest BCUT2D eigenvalue weighted by Crippen LogP contribution is -2.46. The van der Waals surface area contributed by atoms with Gasteiger partial charge in [0.15, 0.2) is 5.82 Å². The van der Waals surface area contributed by atoms with Gasteiger partial charge in [-0.05, 0) is 37.3 Å². The number of halogens is 4. The molecule has 4 aromatic rings. The second-order valence-corrected chi connectivity index (χ2v) is 8.80. The number of anilines is 2. The number of piperazine rings is 1. The molecule has 0 saturated carbocycles. The SMILES string of the molecule is CCn1cc(C(=O)O)c(=O)c2c3ccc(N4CCN(c5cccc(C(F)(F)F)c5)CC4)c(F)c3ncc21. The molecule has 1 N–H and O–H groups in total. The molecule has 7 nitrogen and oxygen atoms in total. The Labute approximate surface area is 208 Å². The molecule has 0 amide bonds. The highest BCUT2D eigenvalue weighted by atomic mass is 19.4. The van der Waals surface area contributed by atoms with Gasteiger partial charge in [0.25, 0.3) is 0 Å². The predicted octanol–water partition coefficient (Wildman–Crippen LogP) is 4.75. The van der Waals surface area contributed by atoms with Crippen LogP contribution >= 0.6 is 0 Å². The highest BCUT2D eigenvalue weighted by Gasteiger charge is 2.31. The Kier molecular flexibility index (Phi) is 6.01. The molecule has 0 radical (unpaired) electrons. The van der Waals surface area contributed by atoms with Gasteiger partial charge in [-0.15, -0.1) is 0 Å². The Morgan fingerprint density at radius 2 is 1.78 bits per heavy atom. The first-order valence-electron chi connectivity index (χ1n) is 11.6. The first-order valence-corrected chi connectivity index (χ1v) is 11.6. The summed E-state index contributed by atoms with van der Waals surface area (Å²) in [6.45, 7) is 3.67. The fraction of sp³-hybridized carbons (Fsp3) is 0.269. The number of nitrogens with zero attached hydrogens (tertiary/aromatic N) is 4. The number of hydrogen-bond acceptors (Lipinski definition) is 5. The molecule has 1 saturated heterocycles. The Bertz CT molecular complexity index is 1590. The minimum absolute atomic E-state index is 0.0485.